The van der Waals surface area contributed by atoms with Gasteiger partial charge >= 0.3 is 0 Å². The summed E-state index contributed by atoms with van der Waals surface area (Å²) < 4.78 is 19.0. The van der Waals surface area contributed by atoms with Gasteiger partial charge in [-0.3, -0.25) is 4.79 Å². The van der Waals surface area contributed by atoms with Crippen LogP contribution in [0, 0.1) is 5.82 Å². The highest BCUT2D eigenvalue weighted by molar-refractivity contribution is 5.92. The topological polar surface area (TPSA) is 41.6 Å². The van der Waals surface area contributed by atoms with E-state index in [2.05, 4.69) is 17.3 Å². The number of benzene rings is 2. The van der Waals surface area contributed by atoms with E-state index in [1.807, 2.05) is 24.3 Å². The minimum absolute atomic E-state index is 0.0174. The zero-order valence-electron chi connectivity index (χ0n) is 13.7. The maximum atomic E-state index is 13.2. The molecule has 1 heterocycles. The van der Waals surface area contributed by atoms with Crippen LogP contribution >= 0.6 is 0 Å². The lowest BCUT2D eigenvalue weighted by molar-refractivity contribution is -0.115. The molecule has 1 amide bonds. The summed E-state index contributed by atoms with van der Waals surface area (Å²) in [6.07, 6.45) is 0.161. The van der Waals surface area contributed by atoms with Gasteiger partial charge < -0.3 is 15.0 Å². The van der Waals surface area contributed by atoms with E-state index in [9.17, 15) is 9.18 Å². The van der Waals surface area contributed by atoms with Crippen LogP contribution in [0.3, 0.4) is 0 Å². The molecule has 1 saturated heterocycles. The monoisotopic (exact) mass is 328 g/mol. The van der Waals surface area contributed by atoms with Gasteiger partial charge in [0.15, 0.2) is 0 Å². The number of ether oxygens (including phenoxy) is 1. The quantitative estimate of drug-likeness (QED) is 0.938. The van der Waals surface area contributed by atoms with E-state index in [1.165, 1.54) is 12.1 Å². The molecule has 24 heavy (non-hydrogen) atoms. The van der Waals surface area contributed by atoms with Crippen molar-refractivity contribution in [2.75, 3.05) is 32.1 Å². The third-order valence-electron chi connectivity index (χ3n) is 4.07. The van der Waals surface area contributed by atoms with Crippen molar-refractivity contribution in [1.82, 2.24) is 4.90 Å². The predicted molar refractivity (Wildman–Crippen MR) is 91.4 cm³/mol. The Balaban J connectivity index is 1.64. The number of hydrogen-bond acceptors (Lipinski definition) is 3. The predicted octanol–water partition coefficient (Wildman–Crippen LogP) is 3.01. The van der Waals surface area contributed by atoms with Crippen LogP contribution in [-0.4, -0.2) is 37.6 Å². The fourth-order valence-corrected chi connectivity index (χ4v) is 2.83. The highest BCUT2D eigenvalue weighted by atomic mass is 19.1. The Kier molecular flexibility index (Phi) is 5.23. The van der Waals surface area contributed by atoms with Crippen molar-refractivity contribution < 1.29 is 13.9 Å². The van der Waals surface area contributed by atoms with Crippen LogP contribution < -0.4 is 5.32 Å². The van der Waals surface area contributed by atoms with Gasteiger partial charge in [-0.25, -0.2) is 4.39 Å². The van der Waals surface area contributed by atoms with Crippen molar-refractivity contribution in [3.8, 4) is 0 Å². The van der Waals surface area contributed by atoms with Crippen LogP contribution in [0.1, 0.15) is 17.2 Å². The van der Waals surface area contributed by atoms with Crippen molar-refractivity contribution in [2.24, 2.45) is 0 Å². The largest absolute Gasteiger partial charge is 0.371 e. The van der Waals surface area contributed by atoms with E-state index in [4.69, 9.17) is 4.74 Å². The number of hydrogen-bond donors (Lipinski definition) is 1. The number of carbonyl (C=O) groups is 1. The van der Waals surface area contributed by atoms with E-state index in [-0.39, 0.29) is 24.2 Å². The third kappa shape index (κ3) is 4.40. The van der Waals surface area contributed by atoms with Crippen molar-refractivity contribution >= 4 is 11.6 Å². The van der Waals surface area contributed by atoms with Crippen LogP contribution in [0.4, 0.5) is 10.1 Å². The molecule has 4 nitrogen and oxygen atoms in total. The summed E-state index contributed by atoms with van der Waals surface area (Å²) in [5, 5.41) is 2.87. The number of halogens is 1. The third-order valence-corrected chi connectivity index (χ3v) is 4.07. The molecule has 1 atom stereocenters. The lowest BCUT2D eigenvalue weighted by atomic mass is 10.1. The minimum Gasteiger partial charge on any atom is -0.371 e. The van der Waals surface area contributed by atoms with Crippen molar-refractivity contribution in [3.05, 3.63) is 65.5 Å². The molecule has 0 spiro atoms. The van der Waals surface area contributed by atoms with Gasteiger partial charge in [-0.05, 0) is 42.4 Å². The number of nitrogens with zero attached hydrogens (tertiary/aromatic N) is 1. The zero-order valence-corrected chi connectivity index (χ0v) is 13.7. The van der Waals surface area contributed by atoms with Crippen LogP contribution in [0.15, 0.2) is 48.5 Å². The Hall–Kier alpha value is -2.24. The molecule has 1 aliphatic rings. The van der Waals surface area contributed by atoms with Crippen molar-refractivity contribution in [3.63, 3.8) is 0 Å². The molecule has 1 unspecified atom stereocenters. The van der Waals surface area contributed by atoms with Gasteiger partial charge in [0, 0.05) is 18.8 Å². The molecule has 0 aliphatic carbocycles. The lowest BCUT2D eigenvalue weighted by Crippen LogP contribution is -2.35. The molecule has 0 radical (unpaired) electrons. The summed E-state index contributed by atoms with van der Waals surface area (Å²) in [6.45, 7) is 2.47. The summed E-state index contributed by atoms with van der Waals surface area (Å²) in [4.78, 5) is 14.4. The van der Waals surface area contributed by atoms with Crippen LogP contribution in [-0.2, 0) is 16.0 Å². The first-order valence-electron chi connectivity index (χ1n) is 8.04. The molecule has 0 bridgehead atoms. The Morgan fingerprint density at radius 2 is 2.12 bits per heavy atom. The Morgan fingerprint density at radius 1 is 1.29 bits per heavy atom. The number of amides is 1. The van der Waals surface area contributed by atoms with Gasteiger partial charge in [0.2, 0.25) is 5.91 Å². The maximum absolute atomic E-state index is 13.2. The summed E-state index contributed by atoms with van der Waals surface area (Å²) >= 11 is 0. The summed E-state index contributed by atoms with van der Waals surface area (Å²) in [5.41, 5.74) is 2.43. The molecule has 1 fully saturated rings. The Labute approximate surface area is 141 Å². The standard InChI is InChI=1S/C19H21FN2O2/c1-22-8-9-24-18(13-22)15-5-3-7-17(12-15)21-19(23)11-14-4-2-6-16(20)10-14/h2-7,10,12,18H,8-9,11,13H2,1H3,(H,21,23). The summed E-state index contributed by atoms with van der Waals surface area (Å²) in [6, 6.07) is 13.8. The molecule has 2 aromatic rings. The summed E-state index contributed by atoms with van der Waals surface area (Å²) in [7, 11) is 2.07. The molecule has 0 saturated carbocycles. The maximum Gasteiger partial charge on any atom is 0.228 e. The van der Waals surface area contributed by atoms with E-state index in [1.54, 1.807) is 12.1 Å². The normalized spacial score (nSPS) is 18.3. The molecule has 2 aromatic carbocycles. The van der Waals surface area contributed by atoms with E-state index in [0.29, 0.717) is 12.2 Å². The van der Waals surface area contributed by atoms with Crippen LogP contribution in [0.5, 0.6) is 0 Å². The Bertz CT molecular complexity index is 720. The highest BCUT2D eigenvalue weighted by Crippen LogP contribution is 2.24. The van der Waals surface area contributed by atoms with E-state index < -0.39 is 0 Å². The molecule has 1 N–H and O–H groups in total. The van der Waals surface area contributed by atoms with Gasteiger partial charge in [-0.15, -0.1) is 0 Å². The second-order valence-corrected chi connectivity index (χ2v) is 6.10. The molecule has 1 aliphatic heterocycles. The molecular weight excluding hydrogens is 307 g/mol. The van der Waals surface area contributed by atoms with Crippen LogP contribution in [0.25, 0.3) is 0 Å². The molecule has 3 rings (SSSR count). The average Bonchev–Trinajstić information content (AvgIpc) is 2.55. The fraction of sp³-hybridized carbons (Fsp3) is 0.316. The Morgan fingerprint density at radius 3 is 2.92 bits per heavy atom. The molecule has 0 aromatic heterocycles. The average molecular weight is 328 g/mol. The van der Waals surface area contributed by atoms with Crippen molar-refractivity contribution in [1.29, 1.82) is 0 Å². The highest BCUT2D eigenvalue weighted by Gasteiger charge is 2.19. The zero-order chi connectivity index (χ0) is 16.9. The minimum atomic E-state index is -0.333. The first-order chi connectivity index (χ1) is 11.6. The smallest absolute Gasteiger partial charge is 0.228 e. The number of likely N-dealkylation sites (N-methyl/N-ethyl adjacent to an activating group) is 1. The molecule has 5 heteroatoms. The first-order valence-corrected chi connectivity index (χ1v) is 8.04. The first kappa shape index (κ1) is 16.6. The fourth-order valence-electron chi connectivity index (χ4n) is 2.83. The van der Waals surface area contributed by atoms with Crippen molar-refractivity contribution in [2.45, 2.75) is 12.5 Å². The summed E-state index contributed by atoms with van der Waals surface area (Å²) in [5.74, 6) is -0.500. The molecule has 126 valence electrons. The SMILES string of the molecule is CN1CCOC(c2cccc(NC(=O)Cc3cccc(F)c3)c2)C1. The second kappa shape index (κ2) is 7.55. The van der Waals surface area contributed by atoms with Crippen LogP contribution in [0.2, 0.25) is 0 Å². The van der Waals surface area contributed by atoms with E-state index in [0.717, 1.165) is 24.3 Å². The number of rotatable bonds is 4. The number of morpholine rings is 1. The number of nitrogens with one attached hydrogen (secondary N) is 1. The van der Waals surface area contributed by atoms with E-state index >= 15 is 0 Å². The molecular formula is C19H21FN2O2. The second-order valence-electron chi connectivity index (χ2n) is 6.10. The van der Waals surface area contributed by atoms with Gasteiger partial charge in [-0.1, -0.05) is 24.3 Å². The van der Waals surface area contributed by atoms with Gasteiger partial charge in [0.1, 0.15) is 5.82 Å². The number of carbonyl (C=O) groups excluding carboxylic acids is 1. The van der Waals surface area contributed by atoms with Gasteiger partial charge in [-0.2, -0.15) is 0 Å². The lowest BCUT2D eigenvalue weighted by Gasteiger charge is -2.30. The van der Waals surface area contributed by atoms with Gasteiger partial charge in [0.05, 0.1) is 19.1 Å². The van der Waals surface area contributed by atoms with Gasteiger partial charge in [0.25, 0.3) is 0 Å². The number of anilines is 1.